The number of aromatic nitrogens is 3. The lowest BCUT2D eigenvalue weighted by Gasteiger charge is -2.15. The molecule has 1 aliphatic carbocycles. The first kappa shape index (κ1) is 25.9. The highest BCUT2D eigenvalue weighted by molar-refractivity contribution is 6.18. The Bertz CT molecular complexity index is 2670. The van der Waals surface area contributed by atoms with Crippen LogP contribution in [0.25, 0.3) is 100 Å². The molecule has 0 atom stereocenters. The van der Waals surface area contributed by atoms with E-state index in [2.05, 4.69) is 97.1 Å². The summed E-state index contributed by atoms with van der Waals surface area (Å²) in [6.45, 7) is 0. The molecule has 4 heteroatoms. The van der Waals surface area contributed by atoms with Crippen molar-refractivity contribution in [2.75, 3.05) is 0 Å². The molecule has 0 saturated heterocycles. The molecule has 0 spiro atoms. The van der Waals surface area contributed by atoms with Gasteiger partial charge < -0.3 is 4.42 Å². The largest absolute Gasteiger partial charge is 0.455 e. The molecule has 4 nitrogen and oxygen atoms in total. The molecule has 0 unspecified atom stereocenters. The summed E-state index contributed by atoms with van der Waals surface area (Å²) in [5.74, 6) is 1.82. The van der Waals surface area contributed by atoms with Gasteiger partial charge in [0.2, 0.25) is 0 Å². The standard InChI is InChI=1S/C43H25N3O/c1-3-12-26(13-4-1)29-24-35-31-19-9-16-27-17-10-21-33(38(27)31)39(35)36(25-29)43-45-41(28-14-5-2-6-15-28)44-42(46-43)34-22-11-20-32-30-18-7-8-23-37(30)47-40(32)34/h1-25H. The third-order valence-corrected chi connectivity index (χ3v) is 9.26. The molecule has 0 bridgehead atoms. The summed E-state index contributed by atoms with van der Waals surface area (Å²) >= 11 is 0. The molecule has 10 rings (SSSR count). The van der Waals surface area contributed by atoms with Crippen LogP contribution >= 0.6 is 0 Å². The molecular formula is C43H25N3O. The number of rotatable bonds is 4. The predicted octanol–water partition coefficient (Wildman–Crippen LogP) is 11.2. The van der Waals surface area contributed by atoms with E-state index in [1.165, 1.54) is 27.5 Å². The molecule has 0 radical (unpaired) electrons. The first-order valence-electron chi connectivity index (χ1n) is 15.8. The smallest absolute Gasteiger partial charge is 0.167 e. The Kier molecular flexibility index (Phi) is 5.54. The van der Waals surface area contributed by atoms with Crippen molar-refractivity contribution >= 4 is 32.7 Å². The van der Waals surface area contributed by atoms with E-state index in [4.69, 9.17) is 19.4 Å². The van der Waals surface area contributed by atoms with Crippen LogP contribution in [0.15, 0.2) is 156 Å². The molecule has 9 aromatic rings. The molecule has 0 aliphatic heterocycles. The van der Waals surface area contributed by atoms with Crippen LogP contribution in [0, 0.1) is 0 Å². The second-order valence-corrected chi connectivity index (χ2v) is 12.0. The van der Waals surface area contributed by atoms with Crippen LogP contribution in [0.3, 0.4) is 0 Å². The zero-order valence-corrected chi connectivity index (χ0v) is 25.2. The fraction of sp³-hybridized carbons (Fsp3) is 0. The molecular weight excluding hydrogens is 574 g/mol. The zero-order valence-electron chi connectivity index (χ0n) is 25.2. The lowest BCUT2D eigenvalue weighted by atomic mass is 9.92. The van der Waals surface area contributed by atoms with E-state index in [-0.39, 0.29) is 0 Å². The Morgan fingerprint density at radius 2 is 0.979 bits per heavy atom. The van der Waals surface area contributed by atoms with Gasteiger partial charge in [0, 0.05) is 27.5 Å². The van der Waals surface area contributed by atoms with Crippen molar-refractivity contribution in [3.8, 4) is 67.5 Å². The van der Waals surface area contributed by atoms with E-state index in [0.29, 0.717) is 17.5 Å². The van der Waals surface area contributed by atoms with Crippen LogP contribution < -0.4 is 0 Å². The number of hydrogen-bond donors (Lipinski definition) is 0. The maximum atomic E-state index is 6.46. The highest BCUT2D eigenvalue weighted by atomic mass is 16.3. The van der Waals surface area contributed by atoms with E-state index in [1.54, 1.807) is 0 Å². The highest BCUT2D eigenvalue weighted by Gasteiger charge is 2.27. The van der Waals surface area contributed by atoms with Gasteiger partial charge in [-0.2, -0.15) is 0 Å². The van der Waals surface area contributed by atoms with Gasteiger partial charge in [-0.3, -0.25) is 0 Å². The van der Waals surface area contributed by atoms with Crippen molar-refractivity contribution in [2.45, 2.75) is 0 Å². The van der Waals surface area contributed by atoms with Crippen LogP contribution in [0.5, 0.6) is 0 Å². The molecule has 2 heterocycles. The third kappa shape index (κ3) is 3.98. The van der Waals surface area contributed by atoms with Gasteiger partial charge in [-0.15, -0.1) is 0 Å². The Hall–Kier alpha value is -6.39. The summed E-state index contributed by atoms with van der Waals surface area (Å²) in [6.07, 6.45) is 0. The van der Waals surface area contributed by atoms with Gasteiger partial charge in [-0.05, 0) is 62.9 Å². The number of hydrogen-bond acceptors (Lipinski definition) is 4. The first-order chi connectivity index (χ1) is 23.3. The predicted molar refractivity (Wildman–Crippen MR) is 191 cm³/mol. The van der Waals surface area contributed by atoms with Gasteiger partial charge in [0.25, 0.3) is 0 Å². The Balaban J connectivity index is 1.30. The van der Waals surface area contributed by atoms with Crippen molar-refractivity contribution < 1.29 is 4.42 Å². The molecule has 7 aromatic carbocycles. The van der Waals surface area contributed by atoms with Crippen LogP contribution in [0.4, 0.5) is 0 Å². The van der Waals surface area contributed by atoms with Crippen molar-refractivity contribution in [3.05, 3.63) is 152 Å². The molecule has 1 aliphatic rings. The molecule has 47 heavy (non-hydrogen) atoms. The first-order valence-corrected chi connectivity index (χ1v) is 15.8. The van der Waals surface area contributed by atoms with E-state index in [9.17, 15) is 0 Å². The molecule has 0 N–H and O–H groups in total. The highest BCUT2D eigenvalue weighted by Crippen LogP contribution is 2.52. The van der Waals surface area contributed by atoms with Crippen LogP contribution in [0.1, 0.15) is 0 Å². The molecule has 0 fully saturated rings. The minimum absolute atomic E-state index is 0.575. The SMILES string of the molecule is c1ccc(-c2cc(-c3nc(-c4ccccc4)nc(-c4cccc5c4oc4ccccc45)n3)c3c(c2)-c2cccc4cccc-3c24)cc1. The van der Waals surface area contributed by atoms with Gasteiger partial charge in [-0.25, -0.2) is 15.0 Å². The monoisotopic (exact) mass is 599 g/mol. The summed E-state index contributed by atoms with van der Waals surface area (Å²) in [5.41, 5.74) is 11.4. The van der Waals surface area contributed by atoms with Gasteiger partial charge in [-0.1, -0.05) is 127 Å². The van der Waals surface area contributed by atoms with Crippen molar-refractivity contribution in [2.24, 2.45) is 0 Å². The van der Waals surface area contributed by atoms with E-state index in [0.717, 1.165) is 55.3 Å². The second-order valence-electron chi connectivity index (χ2n) is 12.0. The average molecular weight is 600 g/mol. The Labute approximate surface area is 270 Å². The zero-order chi connectivity index (χ0) is 30.9. The molecule has 0 saturated carbocycles. The lowest BCUT2D eigenvalue weighted by Crippen LogP contribution is -2.01. The summed E-state index contributed by atoms with van der Waals surface area (Å²) in [7, 11) is 0. The number of furan rings is 1. The summed E-state index contributed by atoms with van der Waals surface area (Å²) in [5, 5.41) is 4.60. The van der Waals surface area contributed by atoms with Gasteiger partial charge in [0.15, 0.2) is 17.5 Å². The van der Waals surface area contributed by atoms with Gasteiger partial charge in [0.1, 0.15) is 11.2 Å². The normalized spacial score (nSPS) is 11.8. The van der Waals surface area contributed by atoms with Crippen molar-refractivity contribution in [1.82, 2.24) is 15.0 Å². The fourth-order valence-corrected chi connectivity index (χ4v) is 7.15. The Morgan fingerprint density at radius 1 is 0.383 bits per heavy atom. The number of fused-ring (bicyclic) bond motifs is 6. The summed E-state index contributed by atoms with van der Waals surface area (Å²) < 4.78 is 6.46. The fourth-order valence-electron chi connectivity index (χ4n) is 7.15. The summed E-state index contributed by atoms with van der Waals surface area (Å²) in [4.78, 5) is 15.6. The number of benzene rings is 7. The maximum absolute atomic E-state index is 6.46. The lowest BCUT2D eigenvalue weighted by molar-refractivity contribution is 0.669. The number of para-hydroxylation sites is 2. The van der Waals surface area contributed by atoms with Crippen molar-refractivity contribution in [3.63, 3.8) is 0 Å². The van der Waals surface area contributed by atoms with E-state index in [1.807, 2.05) is 54.6 Å². The Morgan fingerprint density at radius 3 is 1.79 bits per heavy atom. The van der Waals surface area contributed by atoms with Gasteiger partial charge >= 0.3 is 0 Å². The average Bonchev–Trinajstić information content (AvgIpc) is 3.69. The number of nitrogens with zero attached hydrogens (tertiary/aromatic N) is 3. The maximum Gasteiger partial charge on any atom is 0.167 e. The van der Waals surface area contributed by atoms with Crippen LogP contribution in [0.2, 0.25) is 0 Å². The van der Waals surface area contributed by atoms with E-state index >= 15 is 0 Å². The van der Waals surface area contributed by atoms with Crippen LogP contribution in [-0.2, 0) is 0 Å². The summed E-state index contributed by atoms with van der Waals surface area (Å²) in [6, 6.07) is 52.7. The second kappa shape index (κ2) is 10.1. The topological polar surface area (TPSA) is 51.8 Å². The van der Waals surface area contributed by atoms with Gasteiger partial charge in [0.05, 0.1) is 5.56 Å². The molecule has 0 amide bonds. The molecule has 2 aromatic heterocycles. The van der Waals surface area contributed by atoms with E-state index < -0.39 is 0 Å². The quantitative estimate of drug-likeness (QED) is 0.202. The van der Waals surface area contributed by atoms with Crippen LogP contribution in [-0.4, -0.2) is 15.0 Å². The third-order valence-electron chi connectivity index (χ3n) is 9.26. The molecule has 218 valence electrons. The van der Waals surface area contributed by atoms with Crippen molar-refractivity contribution in [1.29, 1.82) is 0 Å². The minimum Gasteiger partial charge on any atom is -0.455 e. The minimum atomic E-state index is 0.575.